The molecule has 0 aromatic heterocycles. The van der Waals surface area contributed by atoms with Crippen molar-refractivity contribution >= 4 is 23.2 Å². The summed E-state index contributed by atoms with van der Waals surface area (Å²) in [4.78, 5) is 30.1. The lowest BCUT2D eigenvalue weighted by Gasteiger charge is -2.34. The van der Waals surface area contributed by atoms with Gasteiger partial charge in [-0.05, 0) is 62.6 Å². The van der Waals surface area contributed by atoms with E-state index in [1.54, 1.807) is 0 Å². The Morgan fingerprint density at radius 2 is 1.61 bits per heavy atom. The maximum atomic E-state index is 13.3. The van der Waals surface area contributed by atoms with Crippen LogP contribution in [0.15, 0.2) is 18.2 Å². The van der Waals surface area contributed by atoms with Crippen LogP contribution in [0.2, 0.25) is 0 Å². The Hall–Kier alpha value is -2.04. The lowest BCUT2D eigenvalue weighted by Crippen LogP contribution is -2.36. The fourth-order valence-electron chi connectivity index (χ4n) is 4.83. The summed E-state index contributed by atoms with van der Waals surface area (Å²) in [7, 11) is 0. The van der Waals surface area contributed by atoms with Gasteiger partial charge in [-0.3, -0.25) is 9.59 Å². The highest BCUT2D eigenvalue weighted by Gasteiger charge is 2.27. The number of rotatable bonds is 4. The van der Waals surface area contributed by atoms with Gasteiger partial charge in [0.05, 0.1) is 5.56 Å². The van der Waals surface area contributed by atoms with Crippen molar-refractivity contribution in [3.05, 3.63) is 23.8 Å². The zero-order valence-corrected chi connectivity index (χ0v) is 17.1. The molecule has 2 heterocycles. The zero-order chi connectivity index (χ0) is 19.5. The van der Waals surface area contributed by atoms with Crippen LogP contribution in [-0.2, 0) is 4.79 Å². The zero-order valence-electron chi connectivity index (χ0n) is 17.1. The lowest BCUT2D eigenvalue weighted by atomic mass is 9.97. The maximum absolute atomic E-state index is 13.3. The van der Waals surface area contributed by atoms with Gasteiger partial charge in [-0.15, -0.1) is 0 Å². The summed E-state index contributed by atoms with van der Waals surface area (Å²) in [5.41, 5.74) is 2.54. The number of anilines is 2. The van der Waals surface area contributed by atoms with Gasteiger partial charge in [-0.25, -0.2) is 0 Å². The van der Waals surface area contributed by atoms with Crippen LogP contribution in [0.4, 0.5) is 11.4 Å². The Balaban J connectivity index is 1.58. The molecule has 5 heteroatoms. The van der Waals surface area contributed by atoms with Gasteiger partial charge in [0.2, 0.25) is 5.91 Å². The maximum Gasteiger partial charge on any atom is 0.256 e. The predicted octanol–water partition coefficient (Wildman–Crippen LogP) is 4.29. The van der Waals surface area contributed by atoms with Gasteiger partial charge in [-0.1, -0.05) is 19.8 Å². The number of hydrogen-bond acceptors (Lipinski definition) is 3. The number of carbonyl (C=O) groups is 2. The van der Waals surface area contributed by atoms with Crippen molar-refractivity contribution in [3.8, 4) is 0 Å². The van der Waals surface area contributed by atoms with Crippen molar-refractivity contribution in [2.45, 2.75) is 58.3 Å². The van der Waals surface area contributed by atoms with Crippen LogP contribution in [0.3, 0.4) is 0 Å². The molecular weight excluding hydrogens is 350 g/mol. The van der Waals surface area contributed by atoms with Crippen LogP contribution in [-0.4, -0.2) is 42.9 Å². The second-order valence-electron chi connectivity index (χ2n) is 8.87. The topological polar surface area (TPSA) is 52.7 Å². The Labute approximate surface area is 168 Å². The number of benzene rings is 1. The highest BCUT2D eigenvalue weighted by atomic mass is 16.2. The van der Waals surface area contributed by atoms with E-state index in [1.165, 1.54) is 0 Å². The molecule has 0 bridgehead atoms. The first kappa shape index (κ1) is 19.3. The molecule has 1 N–H and O–H groups in total. The summed E-state index contributed by atoms with van der Waals surface area (Å²) in [6, 6.07) is 5.94. The molecule has 3 aliphatic rings. The lowest BCUT2D eigenvalue weighted by molar-refractivity contribution is -0.119. The van der Waals surface area contributed by atoms with Gasteiger partial charge in [0.1, 0.15) is 0 Å². The highest BCUT2D eigenvalue weighted by Crippen LogP contribution is 2.31. The van der Waals surface area contributed by atoms with E-state index in [1.807, 2.05) is 23.1 Å². The Morgan fingerprint density at radius 1 is 0.929 bits per heavy atom. The molecule has 0 unspecified atom stereocenters. The predicted molar refractivity (Wildman–Crippen MR) is 113 cm³/mol. The molecule has 3 fully saturated rings. The minimum atomic E-state index is 0.108. The smallest absolute Gasteiger partial charge is 0.256 e. The summed E-state index contributed by atoms with van der Waals surface area (Å²) in [6.07, 6.45) is 8.74. The van der Waals surface area contributed by atoms with Gasteiger partial charge in [0, 0.05) is 43.5 Å². The first-order chi connectivity index (χ1) is 13.6. The standard InChI is InChI=1S/C23H33N3O2/c1-17-10-14-25(15-11-17)21-9-8-19(24-22(27)18-6-2-3-7-18)16-20(21)23(28)26-12-4-5-13-26/h8-9,16-18H,2-7,10-15H2,1H3,(H,24,27). The van der Waals surface area contributed by atoms with Crippen molar-refractivity contribution in [1.29, 1.82) is 0 Å². The van der Waals surface area contributed by atoms with Crippen LogP contribution >= 0.6 is 0 Å². The van der Waals surface area contributed by atoms with Gasteiger partial charge in [0.25, 0.3) is 5.91 Å². The van der Waals surface area contributed by atoms with Gasteiger partial charge < -0.3 is 15.1 Å². The van der Waals surface area contributed by atoms with E-state index in [0.29, 0.717) is 0 Å². The molecule has 1 aliphatic carbocycles. The molecule has 0 spiro atoms. The largest absolute Gasteiger partial charge is 0.371 e. The number of nitrogens with one attached hydrogen (secondary N) is 1. The number of nitrogens with zero attached hydrogens (tertiary/aromatic N) is 2. The molecule has 0 atom stereocenters. The summed E-state index contributed by atoms with van der Waals surface area (Å²) in [6.45, 7) is 5.97. The van der Waals surface area contributed by atoms with Gasteiger partial charge >= 0.3 is 0 Å². The molecule has 5 nitrogen and oxygen atoms in total. The number of hydrogen-bond donors (Lipinski definition) is 1. The number of piperidine rings is 1. The third-order valence-electron chi connectivity index (χ3n) is 6.74. The molecule has 28 heavy (non-hydrogen) atoms. The van der Waals surface area contributed by atoms with E-state index in [0.717, 1.165) is 100 Å². The Kier molecular flexibility index (Phi) is 5.88. The van der Waals surface area contributed by atoms with Crippen LogP contribution in [0, 0.1) is 11.8 Å². The van der Waals surface area contributed by atoms with E-state index >= 15 is 0 Å². The summed E-state index contributed by atoms with van der Waals surface area (Å²) in [5, 5.41) is 3.08. The average molecular weight is 384 g/mol. The van der Waals surface area contributed by atoms with E-state index in [-0.39, 0.29) is 17.7 Å². The monoisotopic (exact) mass is 383 g/mol. The summed E-state index contributed by atoms with van der Waals surface area (Å²) >= 11 is 0. The van der Waals surface area contributed by atoms with E-state index in [4.69, 9.17) is 0 Å². The second-order valence-corrected chi connectivity index (χ2v) is 8.87. The number of likely N-dealkylation sites (tertiary alicyclic amines) is 1. The molecule has 152 valence electrons. The third-order valence-corrected chi connectivity index (χ3v) is 6.74. The van der Waals surface area contributed by atoms with Crippen molar-refractivity contribution in [2.75, 3.05) is 36.4 Å². The number of amides is 2. The quantitative estimate of drug-likeness (QED) is 0.844. The van der Waals surface area contributed by atoms with E-state index in [2.05, 4.69) is 17.1 Å². The summed E-state index contributed by atoms with van der Waals surface area (Å²) < 4.78 is 0. The molecule has 2 amide bonds. The van der Waals surface area contributed by atoms with Crippen LogP contribution < -0.4 is 10.2 Å². The van der Waals surface area contributed by atoms with Crippen molar-refractivity contribution in [1.82, 2.24) is 4.90 Å². The molecule has 4 rings (SSSR count). The fourth-order valence-corrected chi connectivity index (χ4v) is 4.83. The van der Waals surface area contributed by atoms with E-state index in [9.17, 15) is 9.59 Å². The summed E-state index contributed by atoms with van der Waals surface area (Å²) in [5.74, 6) is 1.10. The van der Waals surface area contributed by atoms with E-state index < -0.39 is 0 Å². The molecule has 1 aromatic carbocycles. The highest BCUT2D eigenvalue weighted by molar-refractivity contribution is 6.02. The number of carbonyl (C=O) groups excluding carboxylic acids is 2. The van der Waals surface area contributed by atoms with Crippen molar-refractivity contribution in [3.63, 3.8) is 0 Å². The third kappa shape index (κ3) is 4.18. The molecule has 2 saturated heterocycles. The SMILES string of the molecule is CC1CCN(c2ccc(NC(=O)C3CCCC3)cc2C(=O)N2CCCC2)CC1. The molecule has 0 radical (unpaired) electrons. The van der Waals surface area contributed by atoms with Crippen molar-refractivity contribution in [2.24, 2.45) is 11.8 Å². The molecular formula is C23H33N3O2. The second kappa shape index (κ2) is 8.54. The van der Waals surface area contributed by atoms with Crippen LogP contribution in [0.5, 0.6) is 0 Å². The normalized spacial score (nSPS) is 21.3. The average Bonchev–Trinajstić information content (AvgIpc) is 3.42. The van der Waals surface area contributed by atoms with Crippen LogP contribution in [0.25, 0.3) is 0 Å². The minimum Gasteiger partial charge on any atom is -0.371 e. The van der Waals surface area contributed by atoms with Gasteiger partial charge in [0.15, 0.2) is 0 Å². The molecule has 1 aromatic rings. The van der Waals surface area contributed by atoms with Crippen molar-refractivity contribution < 1.29 is 9.59 Å². The Morgan fingerprint density at radius 3 is 2.29 bits per heavy atom. The molecule has 1 saturated carbocycles. The van der Waals surface area contributed by atoms with Gasteiger partial charge in [-0.2, -0.15) is 0 Å². The fraction of sp³-hybridized carbons (Fsp3) is 0.652. The first-order valence-corrected chi connectivity index (χ1v) is 11.1. The first-order valence-electron chi connectivity index (χ1n) is 11.1. The minimum absolute atomic E-state index is 0.108. The van der Waals surface area contributed by atoms with Crippen LogP contribution in [0.1, 0.15) is 68.6 Å². The Bertz CT molecular complexity index is 713. The molecule has 2 aliphatic heterocycles.